The molecule has 0 amide bonds. The molecule has 0 heterocycles. The first kappa shape index (κ1) is 26.0. The van der Waals surface area contributed by atoms with Crippen LogP contribution in [0.4, 0.5) is 0 Å². The van der Waals surface area contributed by atoms with Crippen molar-refractivity contribution in [1.82, 2.24) is 0 Å². The van der Waals surface area contributed by atoms with Crippen LogP contribution in [-0.2, 0) is 0 Å². The van der Waals surface area contributed by atoms with E-state index < -0.39 is 11.2 Å². The van der Waals surface area contributed by atoms with E-state index in [0.29, 0.717) is 17.8 Å². The fourth-order valence-corrected chi connectivity index (χ4v) is 8.02. The van der Waals surface area contributed by atoms with Crippen molar-refractivity contribution < 1.29 is 10.2 Å². The number of fused-ring (bicyclic) bond motifs is 1. The lowest BCUT2D eigenvalue weighted by Gasteiger charge is -2.52. The van der Waals surface area contributed by atoms with Gasteiger partial charge in [-0.15, -0.1) is 6.58 Å². The molecule has 2 N–H and O–H groups in total. The number of hydrogen-bond acceptors (Lipinski definition) is 2. The average Bonchev–Trinajstić information content (AvgIpc) is 3.08. The Morgan fingerprint density at radius 3 is 2.66 bits per heavy atom. The molecule has 2 heteroatoms. The lowest BCUT2D eigenvalue weighted by molar-refractivity contribution is -0.0168. The summed E-state index contributed by atoms with van der Waals surface area (Å²) in [6.45, 7) is 17.8. The van der Waals surface area contributed by atoms with Gasteiger partial charge in [0.2, 0.25) is 0 Å². The average molecular weight is 445 g/mol. The quantitative estimate of drug-likeness (QED) is 0.356. The maximum absolute atomic E-state index is 10.7. The second-order valence-electron chi connectivity index (χ2n) is 13.3. The first-order valence-electron chi connectivity index (χ1n) is 13.6. The van der Waals surface area contributed by atoms with Crippen LogP contribution in [0.2, 0.25) is 0 Å². The van der Waals surface area contributed by atoms with Crippen molar-refractivity contribution in [1.29, 1.82) is 0 Å². The van der Waals surface area contributed by atoms with Gasteiger partial charge >= 0.3 is 0 Å². The number of allylic oxidation sites excluding steroid dienone is 1. The van der Waals surface area contributed by atoms with Crippen LogP contribution < -0.4 is 0 Å². The second kappa shape index (κ2) is 9.57. The van der Waals surface area contributed by atoms with Crippen molar-refractivity contribution in [2.45, 2.75) is 130 Å². The maximum atomic E-state index is 10.7. The second-order valence-corrected chi connectivity index (χ2v) is 13.3. The highest BCUT2D eigenvalue weighted by molar-refractivity contribution is 5.24. The highest BCUT2D eigenvalue weighted by Crippen LogP contribution is 2.58. The predicted molar refractivity (Wildman–Crippen MR) is 136 cm³/mol. The minimum absolute atomic E-state index is 0.277. The van der Waals surface area contributed by atoms with Crippen molar-refractivity contribution in [2.24, 2.45) is 34.5 Å². The van der Waals surface area contributed by atoms with Crippen molar-refractivity contribution in [3.63, 3.8) is 0 Å². The van der Waals surface area contributed by atoms with Gasteiger partial charge in [0.05, 0.1) is 11.2 Å². The summed E-state index contributed by atoms with van der Waals surface area (Å²) < 4.78 is 0. The molecule has 3 aliphatic carbocycles. The molecule has 0 saturated heterocycles. The third-order valence-electron chi connectivity index (χ3n) is 10.3. The summed E-state index contributed by atoms with van der Waals surface area (Å²) in [7, 11) is 0. The largest absolute Gasteiger partial charge is 0.390 e. The summed E-state index contributed by atoms with van der Waals surface area (Å²) in [6, 6.07) is 0. The van der Waals surface area contributed by atoms with E-state index in [0.717, 1.165) is 49.9 Å². The Labute approximate surface area is 199 Å². The number of hydrogen-bond donors (Lipinski definition) is 2. The molecule has 8 atom stereocenters. The molecular weight excluding hydrogens is 392 g/mol. The summed E-state index contributed by atoms with van der Waals surface area (Å²) in [5.41, 5.74) is 1.13. The summed E-state index contributed by atoms with van der Waals surface area (Å²) >= 11 is 0. The van der Waals surface area contributed by atoms with E-state index in [2.05, 4.69) is 40.3 Å². The predicted octanol–water partition coefficient (Wildman–Crippen LogP) is 7.84. The van der Waals surface area contributed by atoms with Crippen LogP contribution in [-0.4, -0.2) is 21.4 Å². The summed E-state index contributed by atoms with van der Waals surface area (Å²) in [5, 5.41) is 21.3. The molecule has 0 radical (unpaired) electrons. The minimum Gasteiger partial charge on any atom is -0.390 e. The zero-order valence-corrected chi connectivity index (χ0v) is 22.1. The van der Waals surface area contributed by atoms with Gasteiger partial charge in [0.15, 0.2) is 0 Å². The lowest BCUT2D eigenvalue weighted by atomic mass is 9.53. The lowest BCUT2D eigenvalue weighted by Crippen LogP contribution is -2.45. The molecule has 0 aromatic rings. The number of rotatable bonds is 9. The fourth-order valence-electron chi connectivity index (χ4n) is 8.02. The Hall–Kier alpha value is -0.600. The topological polar surface area (TPSA) is 40.5 Å². The van der Waals surface area contributed by atoms with E-state index in [1.807, 2.05) is 19.9 Å². The highest BCUT2D eigenvalue weighted by atomic mass is 16.3. The van der Waals surface area contributed by atoms with Crippen LogP contribution in [0.15, 0.2) is 24.3 Å². The summed E-state index contributed by atoms with van der Waals surface area (Å²) in [6.07, 6.45) is 17.9. The Bertz CT molecular complexity index is 689. The Balaban J connectivity index is 1.65. The van der Waals surface area contributed by atoms with E-state index in [-0.39, 0.29) is 5.41 Å². The summed E-state index contributed by atoms with van der Waals surface area (Å²) in [4.78, 5) is 0. The third kappa shape index (κ3) is 5.54. The van der Waals surface area contributed by atoms with Gasteiger partial charge in [0.1, 0.15) is 0 Å². The molecule has 2 fully saturated rings. The smallest absolute Gasteiger partial charge is 0.0657 e. The molecule has 0 aromatic carbocycles. The zero-order valence-electron chi connectivity index (χ0n) is 22.1. The van der Waals surface area contributed by atoms with Gasteiger partial charge < -0.3 is 10.2 Å². The van der Waals surface area contributed by atoms with Crippen molar-refractivity contribution in [2.75, 3.05) is 0 Å². The fraction of sp³-hybridized carbons (Fsp3) is 0.867. The molecule has 0 bridgehead atoms. The Morgan fingerprint density at radius 2 is 1.97 bits per heavy atom. The van der Waals surface area contributed by atoms with Crippen LogP contribution in [0.25, 0.3) is 0 Å². The Kier molecular flexibility index (Phi) is 7.78. The molecule has 2 nitrogen and oxygen atoms in total. The van der Waals surface area contributed by atoms with Crippen molar-refractivity contribution >= 4 is 0 Å². The van der Waals surface area contributed by atoms with E-state index in [1.165, 1.54) is 38.5 Å². The van der Waals surface area contributed by atoms with Gasteiger partial charge in [0.25, 0.3) is 0 Å². The first-order chi connectivity index (χ1) is 14.8. The van der Waals surface area contributed by atoms with E-state index in [4.69, 9.17) is 0 Å². The molecule has 3 rings (SSSR count). The summed E-state index contributed by atoms with van der Waals surface area (Å²) in [5.74, 6) is 2.91. The van der Waals surface area contributed by atoms with Crippen LogP contribution >= 0.6 is 0 Å². The maximum Gasteiger partial charge on any atom is 0.0657 e. The first-order valence-corrected chi connectivity index (χ1v) is 13.6. The van der Waals surface area contributed by atoms with Gasteiger partial charge in [-0.2, -0.15) is 0 Å². The van der Waals surface area contributed by atoms with Crippen LogP contribution in [0.5, 0.6) is 0 Å². The molecule has 0 spiro atoms. The molecule has 2 saturated carbocycles. The molecule has 32 heavy (non-hydrogen) atoms. The normalized spacial score (nSPS) is 42.6. The van der Waals surface area contributed by atoms with Gasteiger partial charge in [-0.3, -0.25) is 0 Å². The molecule has 3 aliphatic rings. The standard InChI is InChI=1S/C30H52O2/c1-8-15-28(5,31)18-13-23(3)25-10-9-16-27(25,4)17-14-26-22(2)11-12-24-21-29(6,32)19-20-30(24,26)7/h8,12,22-23,25-26,31-32H,1,9-11,13-21H2,2-7H3. The van der Waals surface area contributed by atoms with Gasteiger partial charge in [-0.05, 0) is 119 Å². The van der Waals surface area contributed by atoms with Crippen LogP contribution in [0, 0.1) is 34.5 Å². The molecule has 8 unspecified atom stereocenters. The van der Waals surface area contributed by atoms with Crippen molar-refractivity contribution in [3.8, 4) is 0 Å². The minimum atomic E-state index is -0.609. The molecule has 0 aliphatic heterocycles. The van der Waals surface area contributed by atoms with Crippen LogP contribution in [0.1, 0.15) is 119 Å². The molecule has 184 valence electrons. The highest BCUT2D eigenvalue weighted by Gasteiger charge is 2.49. The van der Waals surface area contributed by atoms with Gasteiger partial charge in [-0.25, -0.2) is 0 Å². The Morgan fingerprint density at radius 1 is 1.25 bits per heavy atom. The number of aliphatic hydroxyl groups is 2. The van der Waals surface area contributed by atoms with Crippen LogP contribution in [0.3, 0.4) is 0 Å². The van der Waals surface area contributed by atoms with E-state index >= 15 is 0 Å². The zero-order chi connectivity index (χ0) is 23.8. The van der Waals surface area contributed by atoms with Crippen molar-refractivity contribution in [3.05, 3.63) is 24.3 Å². The van der Waals surface area contributed by atoms with Gasteiger partial charge in [0, 0.05) is 0 Å². The van der Waals surface area contributed by atoms with Gasteiger partial charge in [-0.1, -0.05) is 51.8 Å². The third-order valence-corrected chi connectivity index (χ3v) is 10.3. The molecular formula is C30H52O2. The molecule has 0 aromatic heterocycles. The monoisotopic (exact) mass is 444 g/mol. The van der Waals surface area contributed by atoms with E-state index in [1.54, 1.807) is 5.57 Å². The SMILES string of the molecule is C=CCC(C)(O)CCC(C)C1CCCC1(C)CCC1C(C)CC=C2CC(C)(O)CCC21C. The van der Waals surface area contributed by atoms with E-state index in [9.17, 15) is 10.2 Å².